The maximum atomic E-state index is 3.07. The number of unbranched alkanes of at least 4 members (excludes halogenated alkanes) is 1. The Balaban J connectivity index is 3.65. The smallest absolute Gasteiger partial charge is 0.0123 e. The molecule has 0 bridgehead atoms. The predicted molar refractivity (Wildman–Crippen MR) is 65.1 cm³/mol. The monoisotopic (exact) mass is 190 g/mol. The predicted octanol–water partition coefficient (Wildman–Crippen LogP) is 4.48. The molecule has 0 fully saturated rings. The standard InChI is InChI=1S/C14H22/c1-5-6-7-8-11-14(4)12-9-10-13(2)3/h10-11H,7-9,12H2,1-4H3. The van der Waals surface area contributed by atoms with Gasteiger partial charge in [0.05, 0.1) is 0 Å². The van der Waals surface area contributed by atoms with Crippen LogP contribution in [0.3, 0.4) is 0 Å². The fourth-order valence-corrected chi connectivity index (χ4v) is 1.21. The first kappa shape index (κ1) is 13.0. The van der Waals surface area contributed by atoms with Gasteiger partial charge in [0.2, 0.25) is 0 Å². The Hall–Kier alpha value is -0.960. The van der Waals surface area contributed by atoms with Gasteiger partial charge in [-0.25, -0.2) is 0 Å². The third-order valence-electron chi connectivity index (χ3n) is 2.03. The van der Waals surface area contributed by atoms with Crippen LogP contribution in [0.25, 0.3) is 0 Å². The molecule has 0 aliphatic carbocycles. The van der Waals surface area contributed by atoms with Crippen molar-refractivity contribution in [3.05, 3.63) is 23.3 Å². The summed E-state index contributed by atoms with van der Waals surface area (Å²) < 4.78 is 0. The van der Waals surface area contributed by atoms with Gasteiger partial charge in [0.1, 0.15) is 0 Å². The second-order valence-corrected chi connectivity index (χ2v) is 3.84. The van der Waals surface area contributed by atoms with Crippen molar-refractivity contribution < 1.29 is 0 Å². The van der Waals surface area contributed by atoms with E-state index < -0.39 is 0 Å². The molecule has 0 aromatic carbocycles. The van der Waals surface area contributed by atoms with Gasteiger partial charge in [-0.05, 0) is 47.0 Å². The van der Waals surface area contributed by atoms with Gasteiger partial charge in [-0.2, -0.15) is 0 Å². The SMILES string of the molecule is CC#CCCC=C(C)CCC=C(C)C. The fourth-order valence-electron chi connectivity index (χ4n) is 1.21. The van der Waals surface area contributed by atoms with Crippen molar-refractivity contribution in [2.75, 3.05) is 0 Å². The van der Waals surface area contributed by atoms with Gasteiger partial charge < -0.3 is 0 Å². The molecule has 0 saturated carbocycles. The summed E-state index contributed by atoms with van der Waals surface area (Å²) in [5.74, 6) is 5.98. The lowest BCUT2D eigenvalue weighted by molar-refractivity contribution is 0.941. The Kier molecular flexibility index (Phi) is 8.04. The lowest BCUT2D eigenvalue weighted by atomic mass is 10.1. The molecule has 0 aromatic heterocycles. The van der Waals surface area contributed by atoms with Crippen molar-refractivity contribution in [2.45, 2.75) is 53.4 Å². The molecule has 0 N–H and O–H groups in total. The van der Waals surface area contributed by atoms with Crippen LogP contribution in [-0.2, 0) is 0 Å². The van der Waals surface area contributed by atoms with Crippen LogP contribution in [0, 0.1) is 11.8 Å². The highest BCUT2D eigenvalue weighted by Crippen LogP contribution is 2.08. The molecule has 0 saturated heterocycles. The van der Waals surface area contributed by atoms with Gasteiger partial charge in [-0.15, -0.1) is 11.8 Å². The Morgan fingerprint density at radius 2 is 1.79 bits per heavy atom. The highest BCUT2D eigenvalue weighted by Gasteiger charge is 1.88. The minimum Gasteiger partial charge on any atom is -0.107 e. The summed E-state index contributed by atoms with van der Waals surface area (Å²) in [5, 5.41) is 0. The molecular formula is C14H22. The fraction of sp³-hybridized carbons (Fsp3) is 0.571. The van der Waals surface area contributed by atoms with Crippen LogP contribution < -0.4 is 0 Å². The van der Waals surface area contributed by atoms with E-state index in [-0.39, 0.29) is 0 Å². The molecule has 0 rings (SSSR count). The van der Waals surface area contributed by atoms with Crippen molar-refractivity contribution in [1.29, 1.82) is 0 Å². The summed E-state index contributed by atoms with van der Waals surface area (Å²) in [7, 11) is 0. The number of hydrogen-bond donors (Lipinski definition) is 0. The summed E-state index contributed by atoms with van der Waals surface area (Å²) in [6.07, 6.45) is 9.05. The van der Waals surface area contributed by atoms with E-state index in [4.69, 9.17) is 0 Å². The Morgan fingerprint density at radius 3 is 2.36 bits per heavy atom. The molecule has 0 heteroatoms. The van der Waals surface area contributed by atoms with Crippen molar-refractivity contribution in [1.82, 2.24) is 0 Å². The molecule has 0 heterocycles. The Bertz CT molecular complexity index is 251. The van der Waals surface area contributed by atoms with E-state index in [9.17, 15) is 0 Å². The largest absolute Gasteiger partial charge is 0.107 e. The summed E-state index contributed by atoms with van der Waals surface area (Å²) in [6.45, 7) is 8.40. The van der Waals surface area contributed by atoms with Crippen molar-refractivity contribution in [3.63, 3.8) is 0 Å². The first-order chi connectivity index (χ1) is 6.66. The van der Waals surface area contributed by atoms with Gasteiger partial charge >= 0.3 is 0 Å². The van der Waals surface area contributed by atoms with Gasteiger partial charge in [0, 0.05) is 6.42 Å². The summed E-state index contributed by atoms with van der Waals surface area (Å²) in [6, 6.07) is 0. The summed E-state index contributed by atoms with van der Waals surface area (Å²) >= 11 is 0. The molecule has 0 aromatic rings. The van der Waals surface area contributed by atoms with Crippen LogP contribution in [-0.4, -0.2) is 0 Å². The normalized spacial score (nSPS) is 10.4. The maximum Gasteiger partial charge on any atom is 0.0123 e. The molecule has 0 aliphatic rings. The highest BCUT2D eigenvalue weighted by molar-refractivity contribution is 5.04. The van der Waals surface area contributed by atoms with Gasteiger partial charge in [0.15, 0.2) is 0 Å². The quantitative estimate of drug-likeness (QED) is 0.340. The molecule has 0 aliphatic heterocycles. The molecule has 0 unspecified atom stereocenters. The average Bonchev–Trinajstić information content (AvgIpc) is 2.12. The zero-order valence-electron chi connectivity index (χ0n) is 9.98. The van der Waals surface area contributed by atoms with Crippen LogP contribution in [0.4, 0.5) is 0 Å². The molecule has 78 valence electrons. The minimum absolute atomic E-state index is 0.997. The van der Waals surface area contributed by atoms with Crippen LogP contribution in [0.1, 0.15) is 53.4 Å². The van der Waals surface area contributed by atoms with Gasteiger partial charge in [0.25, 0.3) is 0 Å². The zero-order valence-corrected chi connectivity index (χ0v) is 9.98. The third-order valence-corrected chi connectivity index (χ3v) is 2.03. The topological polar surface area (TPSA) is 0 Å². The molecular weight excluding hydrogens is 168 g/mol. The number of rotatable bonds is 5. The summed E-state index contributed by atoms with van der Waals surface area (Å²) in [4.78, 5) is 0. The van der Waals surface area contributed by atoms with Gasteiger partial charge in [-0.3, -0.25) is 0 Å². The number of allylic oxidation sites excluding steroid dienone is 4. The first-order valence-electron chi connectivity index (χ1n) is 5.35. The van der Waals surface area contributed by atoms with Crippen LogP contribution in [0.15, 0.2) is 23.3 Å². The van der Waals surface area contributed by atoms with E-state index in [1.54, 1.807) is 0 Å². The van der Waals surface area contributed by atoms with Crippen LogP contribution >= 0.6 is 0 Å². The van der Waals surface area contributed by atoms with Crippen molar-refractivity contribution in [2.24, 2.45) is 0 Å². The summed E-state index contributed by atoms with van der Waals surface area (Å²) in [5.41, 5.74) is 2.90. The highest BCUT2D eigenvalue weighted by atomic mass is 13.9. The molecule has 0 nitrogen and oxygen atoms in total. The van der Waals surface area contributed by atoms with E-state index >= 15 is 0 Å². The van der Waals surface area contributed by atoms with Crippen LogP contribution in [0.2, 0.25) is 0 Å². The van der Waals surface area contributed by atoms with E-state index in [2.05, 4.69) is 44.8 Å². The molecule has 0 spiro atoms. The Labute approximate surface area is 89.1 Å². The zero-order chi connectivity index (χ0) is 10.8. The molecule has 0 atom stereocenters. The Morgan fingerprint density at radius 1 is 1.07 bits per heavy atom. The van der Waals surface area contributed by atoms with Crippen LogP contribution in [0.5, 0.6) is 0 Å². The van der Waals surface area contributed by atoms with E-state index in [0.29, 0.717) is 0 Å². The third kappa shape index (κ3) is 9.13. The van der Waals surface area contributed by atoms with E-state index in [1.807, 2.05) is 6.92 Å². The second-order valence-electron chi connectivity index (χ2n) is 3.84. The van der Waals surface area contributed by atoms with Crippen molar-refractivity contribution in [3.8, 4) is 11.8 Å². The lowest BCUT2D eigenvalue weighted by Gasteiger charge is -1.97. The first-order valence-corrected chi connectivity index (χ1v) is 5.35. The molecule has 0 radical (unpaired) electrons. The average molecular weight is 190 g/mol. The van der Waals surface area contributed by atoms with E-state index in [1.165, 1.54) is 24.0 Å². The maximum absolute atomic E-state index is 3.07. The number of hydrogen-bond acceptors (Lipinski definition) is 0. The van der Waals surface area contributed by atoms with Gasteiger partial charge in [-0.1, -0.05) is 23.3 Å². The second kappa shape index (κ2) is 8.63. The lowest BCUT2D eigenvalue weighted by Crippen LogP contribution is -1.77. The van der Waals surface area contributed by atoms with E-state index in [0.717, 1.165) is 12.8 Å². The molecule has 14 heavy (non-hydrogen) atoms. The minimum atomic E-state index is 0.997. The van der Waals surface area contributed by atoms with Crippen molar-refractivity contribution >= 4 is 0 Å². The molecule has 0 amide bonds.